The van der Waals surface area contributed by atoms with Gasteiger partial charge in [0.25, 0.3) is 17.7 Å². The van der Waals surface area contributed by atoms with Crippen molar-refractivity contribution in [3.05, 3.63) is 52.9 Å². The Bertz CT molecular complexity index is 2120. The van der Waals surface area contributed by atoms with Crippen LogP contribution in [0.25, 0.3) is 10.1 Å². The molecular formula is C33H30F3N4O10PS. The van der Waals surface area contributed by atoms with Crippen molar-refractivity contribution in [3.63, 3.8) is 0 Å². The second-order valence-electron chi connectivity index (χ2n) is 13.5. The molecule has 1 aliphatic carbocycles. The number of benzene rings is 2. The molecule has 52 heavy (non-hydrogen) atoms. The first-order chi connectivity index (χ1) is 24.6. The second kappa shape index (κ2) is 12.0. The zero-order chi connectivity index (χ0) is 36.9. The Kier molecular flexibility index (Phi) is 7.99. The largest absolute Gasteiger partial charge is 0.586 e. The minimum atomic E-state index is -5.06. The maximum atomic E-state index is 14.4. The molecule has 0 bridgehead atoms. The summed E-state index contributed by atoms with van der Waals surface area (Å²) >= 11 is 1.04. The Labute approximate surface area is 296 Å². The summed E-state index contributed by atoms with van der Waals surface area (Å²) in [5, 5.41) is 3.14. The molecule has 6 amide bonds. The summed E-state index contributed by atoms with van der Waals surface area (Å²) in [7, 11) is -5.06. The van der Waals surface area contributed by atoms with Crippen LogP contribution in [0.2, 0.25) is 0 Å². The standard InChI is InChI=1S/C33H30F3N4O10PS/c34-26(51(46,47)48)16-8-11-23-17(14-16)15-24(52-23)27(41)37-19-5-2-1-4-18-9-10-21(38(18)28(19)42)29(43)40-31(45)39(30(44)32(40)12-13-32)20-6-3-7-22-25(20)50-33(35,36)49-22/h3,6-8,11,14-15,18-19,21,26H,1-2,4-5,9-10,12-13H2,(H,37,41)(H2,46,47,48)/t18-,19-,21-,26?/m0/s1. The fraction of sp³-hybridized carbons (Fsp3) is 0.424. The third-order valence-electron chi connectivity index (χ3n) is 10.3. The van der Waals surface area contributed by atoms with Crippen LogP contribution in [0.1, 0.15) is 72.5 Å². The number of urea groups is 1. The smallest absolute Gasteiger partial charge is 0.395 e. The van der Waals surface area contributed by atoms with Gasteiger partial charge in [0.2, 0.25) is 11.8 Å². The summed E-state index contributed by atoms with van der Waals surface area (Å²) < 4.78 is 63.3. The number of amides is 6. The number of halogens is 3. The minimum Gasteiger partial charge on any atom is -0.395 e. The summed E-state index contributed by atoms with van der Waals surface area (Å²) in [6.45, 7) is 0. The van der Waals surface area contributed by atoms with Gasteiger partial charge in [-0.15, -0.1) is 20.1 Å². The van der Waals surface area contributed by atoms with Crippen LogP contribution >= 0.6 is 18.9 Å². The number of thiophene rings is 1. The molecule has 4 atom stereocenters. The number of para-hydroxylation sites is 1. The van der Waals surface area contributed by atoms with Crippen LogP contribution in [0.5, 0.6) is 11.5 Å². The highest BCUT2D eigenvalue weighted by molar-refractivity contribution is 7.51. The average Bonchev–Trinajstić information content (AvgIpc) is 3.34. The van der Waals surface area contributed by atoms with Gasteiger partial charge in [0.15, 0.2) is 11.5 Å². The number of nitrogens with one attached hydrogen (secondary N) is 1. The van der Waals surface area contributed by atoms with Crippen LogP contribution in [-0.4, -0.2) is 79.2 Å². The highest BCUT2D eigenvalue weighted by atomic mass is 32.1. The number of imide groups is 2. The molecule has 1 unspecified atom stereocenters. The molecule has 274 valence electrons. The molecule has 1 aromatic heterocycles. The molecule has 4 aliphatic heterocycles. The summed E-state index contributed by atoms with van der Waals surface area (Å²) in [5.41, 5.74) is -2.09. The van der Waals surface area contributed by atoms with Crippen molar-refractivity contribution in [3.8, 4) is 11.5 Å². The Balaban J connectivity index is 1.04. The third kappa shape index (κ3) is 5.54. The molecule has 8 rings (SSSR count). The van der Waals surface area contributed by atoms with Crippen LogP contribution in [0.15, 0.2) is 42.5 Å². The number of carbonyl (C=O) groups is 5. The van der Waals surface area contributed by atoms with E-state index in [1.807, 2.05) is 0 Å². The molecule has 19 heteroatoms. The Morgan fingerprint density at radius 1 is 1.00 bits per heavy atom. The molecule has 5 aliphatic rings. The molecule has 14 nitrogen and oxygen atoms in total. The Morgan fingerprint density at radius 3 is 2.48 bits per heavy atom. The summed E-state index contributed by atoms with van der Waals surface area (Å²) in [6.07, 6.45) is -1.00. The lowest BCUT2D eigenvalue weighted by Gasteiger charge is -2.36. The fourth-order valence-corrected chi connectivity index (χ4v) is 9.18. The number of carbonyl (C=O) groups excluding carboxylic acids is 5. The molecule has 1 spiro atoms. The van der Waals surface area contributed by atoms with Crippen LogP contribution in [-0.2, 0) is 18.9 Å². The zero-order valence-corrected chi connectivity index (χ0v) is 28.7. The van der Waals surface area contributed by atoms with Crippen molar-refractivity contribution in [2.45, 2.75) is 87.2 Å². The van der Waals surface area contributed by atoms with Gasteiger partial charge in [-0.3, -0.25) is 23.7 Å². The number of fused-ring (bicyclic) bond motifs is 3. The van der Waals surface area contributed by atoms with E-state index in [-0.39, 0.29) is 53.6 Å². The van der Waals surface area contributed by atoms with Gasteiger partial charge >= 0.3 is 19.9 Å². The van der Waals surface area contributed by atoms with Crippen molar-refractivity contribution in [2.75, 3.05) is 4.90 Å². The van der Waals surface area contributed by atoms with Gasteiger partial charge in [0, 0.05) is 10.7 Å². The molecule has 2 aromatic carbocycles. The molecule has 3 aromatic rings. The van der Waals surface area contributed by atoms with Crippen molar-refractivity contribution >= 4 is 64.4 Å². The summed E-state index contributed by atoms with van der Waals surface area (Å²) in [5.74, 6) is -6.16. The number of rotatable bonds is 6. The highest BCUT2D eigenvalue weighted by Gasteiger charge is 2.69. The van der Waals surface area contributed by atoms with E-state index >= 15 is 0 Å². The first kappa shape index (κ1) is 34.6. The molecule has 0 radical (unpaired) electrons. The number of hydrogen-bond acceptors (Lipinski definition) is 9. The van der Waals surface area contributed by atoms with E-state index in [0.29, 0.717) is 40.7 Å². The topological polar surface area (TPSA) is 183 Å². The van der Waals surface area contributed by atoms with Crippen molar-refractivity contribution in [1.82, 2.24) is 15.1 Å². The van der Waals surface area contributed by atoms with E-state index < -0.39 is 72.8 Å². The first-order valence-corrected chi connectivity index (χ1v) is 19.1. The number of ether oxygens (including phenoxy) is 2. The van der Waals surface area contributed by atoms with Gasteiger partial charge in [-0.1, -0.05) is 25.0 Å². The lowest BCUT2D eigenvalue weighted by Crippen LogP contribution is -2.58. The number of anilines is 1. The van der Waals surface area contributed by atoms with E-state index in [2.05, 4.69) is 14.8 Å². The van der Waals surface area contributed by atoms with E-state index in [1.165, 1.54) is 47.4 Å². The summed E-state index contributed by atoms with van der Waals surface area (Å²) in [4.78, 5) is 91.3. The van der Waals surface area contributed by atoms with Crippen LogP contribution in [0.4, 0.5) is 23.7 Å². The third-order valence-corrected chi connectivity index (χ3v) is 12.3. The fourth-order valence-electron chi connectivity index (χ4n) is 7.68. The Hall–Kier alpha value is -4.51. The zero-order valence-electron chi connectivity index (χ0n) is 27.0. The van der Waals surface area contributed by atoms with E-state index in [0.717, 1.165) is 16.2 Å². The maximum Gasteiger partial charge on any atom is 0.586 e. The molecule has 5 heterocycles. The lowest BCUT2D eigenvalue weighted by atomic mass is 9.99. The van der Waals surface area contributed by atoms with Crippen molar-refractivity contribution < 1.29 is 61.0 Å². The number of alkyl halides is 3. The van der Waals surface area contributed by atoms with E-state index in [9.17, 15) is 51.5 Å². The molecule has 1 saturated carbocycles. The van der Waals surface area contributed by atoms with Crippen molar-refractivity contribution in [2.24, 2.45) is 0 Å². The monoisotopic (exact) mass is 762 g/mol. The first-order valence-electron chi connectivity index (χ1n) is 16.6. The van der Waals surface area contributed by atoms with Crippen molar-refractivity contribution in [1.29, 1.82) is 0 Å². The molecule has 3 saturated heterocycles. The quantitative estimate of drug-likeness (QED) is 0.230. The Morgan fingerprint density at radius 2 is 1.75 bits per heavy atom. The average molecular weight is 763 g/mol. The SMILES string of the molecule is O=C(N[C@H]1CCCC[C@H]2CC[C@@H](C(=O)N3C(=O)N(c4cccc5c4OC(F)(F)O5)C(=O)C34CC4)N2C1=O)c1cc2cc(C(F)P(=O)(O)O)ccc2s1. The minimum absolute atomic E-state index is 0.146. The number of nitrogens with zero attached hydrogens (tertiary/aromatic N) is 3. The van der Waals surface area contributed by atoms with Crippen LogP contribution < -0.4 is 19.7 Å². The van der Waals surface area contributed by atoms with E-state index in [4.69, 9.17) is 0 Å². The predicted molar refractivity (Wildman–Crippen MR) is 175 cm³/mol. The van der Waals surface area contributed by atoms with Gasteiger partial charge in [-0.2, -0.15) is 0 Å². The molecule has 3 N–H and O–H groups in total. The van der Waals surface area contributed by atoms with Crippen LogP contribution in [0.3, 0.4) is 0 Å². The van der Waals surface area contributed by atoms with Gasteiger partial charge in [0.05, 0.1) is 10.6 Å². The highest BCUT2D eigenvalue weighted by Crippen LogP contribution is 2.55. The molecular weight excluding hydrogens is 732 g/mol. The normalized spacial score (nSPS) is 25.4. The maximum absolute atomic E-state index is 14.4. The van der Waals surface area contributed by atoms with Crippen LogP contribution in [0, 0.1) is 0 Å². The van der Waals surface area contributed by atoms with E-state index in [1.54, 1.807) is 0 Å². The van der Waals surface area contributed by atoms with Gasteiger partial charge < -0.3 is 29.5 Å². The number of hydrogen-bond donors (Lipinski definition) is 3. The lowest BCUT2D eigenvalue weighted by molar-refractivity contribution is -0.286. The summed E-state index contributed by atoms with van der Waals surface area (Å²) in [6, 6.07) is 5.46. The predicted octanol–water partition coefficient (Wildman–Crippen LogP) is 4.93. The second-order valence-corrected chi connectivity index (χ2v) is 16.3. The van der Waals surface area contributed by atoms with Gasteiger partial charge in [-0.05, 0) is 79.8 Å². The molecule has 4 fully saturated rings. The van der Waals surface area contributed by atoms with Gasteiger partial charge in [-0.25, -0.2) is 19.0 Å². The van der Waals surface area contributed by atoms with Gasteiger partial charge in [0.1, 0.15) is 17.6 Å².